The Kier molecular flexibility index (Phi) is 4.91. The Morgan fingerprint density at radius 2 is 2.07 bits per heavy atom. The summed E-state index contributed by atoms with van der Waals surface area (Å²) >= 11 is 0. The Bertz CT molecular complexity index is 923. The van der Waals surface area contributed by atoms with E-state index >= 15 is 0 Å². The van der Waals surface area contributed by atoms with Gasteiger partial charge in [0, 0.05) is 62.6 Å². The van der Waals surface area contributed by atoms with Gasteiger partial charge in [0.15, 0.2) is 5.82 Å². The highest BCUT2D eigenvalue weighted by Gasteiger charge is 2.29. The molecule has 4 heterocycles. The van der Waals surface area contributed by atoms with E-state index in [2.05, 4.69) is 26.9 Å². The maximum absolute atomic E-state index is 12.8. The molecule has 0 saturated carbocycles. The molecule has 0 unspecified atom stereocenters. The highest BCUT2D eigenvalue weighted by atomic mass is 16.2. The first-order valence-corrected chi connectivity index (χ1v) is 9.30. The maximum atomic E-state index is 12.8. The molecule has 1 aliphatic rings. The van der Waals surface area contributed by atoms with Crippen molar-refractivity contribution in [2.75, 3.05) is 13.1 Å². The van der Waals surface area contributed by atoms with Crippen LogP contribution in [-0.4, -0.2) is 48.4 Å². The number of amides is 1. The Labute approximate surface area is 158 Å². The van der Waals surface area contributed by atoms with E-state index in [0.29, 0.717) is 12.1 Å². The normalized spacial score (nSPS) is 17.1. The summed E-state index contributed by atoms with van der Waals surface area (Å²) < 4.78 is 2.00. The zero-order chi connectivity index (χ0) is 18.6. The number of imidazole rings is 1. The van der Waals surface area contributed by atoms with Crippen molar-refractivity contribution in [3.8, 4) is 5.82 Å². The summed E-state index contributed by atoms with van der Waals surface area (Å²) in [4.78, 5) is 32.4. The molecule has 1 amide bonds. The van der Waals surface area contributed by atoms with Gasteiger partial charge in [-0.25, -0.2) is 9.97 Å². The van der Waals surface area contributed by atoms with Crippen LogP contribution in [0.3, 0.4) is 0 Å². The summed E-state index contributed by atoms with van der Waals surface area (Å²) in [6.45, 7) is 3.46. The van der Waals surface area contributed by atoms with E-state index in [1.54, 1.807) is 37.1 Å². The van der Waals surface area contributed by atoms with Gasteiger partial charge in [0.2, 0.25) is 0 Å². The number of carbonyl (C=O) groups is 1. The lowest BCUT2D eigenvalue weighted by Crippen LogP contribution is -2.39. The van der Waals surface area contributed by atoms with E-state index in [0.717, 1.165) is 43.1 Å². The summed E-state index contributed by atoms with van der Waals surface area (Å²) in [6.07, 6.45) is 13.2. The van der Waals surface area contributed by atoms with Crippen molar-refractivity contribution in [2.24, 2.45) is 0 Å². The number of likely N-dealkylation sites (tertiary alicyclic amines) is 1. The molecule has 0 bridgehead atoms. The van der Waals surface area contributed by atoms with Gasteiger partial charge in [0.05, 0.1) is 11.3 Å². The van der Waals surface area contributed by atoms with Crippen LogP contribution in [0.25, 0.3) is 5.82 Å². The topological polar surface area (TPSA) is 76.8 Å². The first-order valence-electron chi connectivity index (χ1n) is 9.30. The van der Waals surface area contributed by atoms with Gasteiger partial charge >= 0.3 is 0 Å². The third-order valence-electron chi connectivity index (χ3n) is 4.97. The highest BCUT2D eigenvalue weighted by molar-refractivity contribution is 5.94. The van der Waals surface area contributed by atoms with Crippen molar-refractivity contribution in [2.45, 2.75) is 32.1 Å². The molecule has 1 fully saturated rings. The van der Waals surface area contributed by atoms with Crippen molar-refractivity contribution in [3.05, 3.63) is 66.4 Å². The fourth-order valence-electron chi connectivity index (χ4n) is 3.66. The molecule has 1 saturated heterocycles. The Morgan fingerprint density at radius 1 is 1.19 bits per heavy atom. The summed E-state index contributed by atoms with van der Waals surface area (Å²) in [7, 11) is 0. The average Bonchev–Trinajstić information content (AvgIpc) is 3.23. The summed E-state index contributed by atoms with van der Waals surface area (Å²) in [5.41, 5.74) is 1.55. The quantitative estimate of drug-likeness (QED) is 0.713. The van der Waals surface area contributed by atoms with Crippen LogP contribution in [0.2, 0.25) is 0 Å². The molecule has 0 N–H and O–H groups in total. The van der Waals surface area contributed by atoms with Crippen molar-refractivity contribution in [1.82, 2.24) is 29.4 Å². The lowest BCUT2D eigenvalue weighted by molar-refractivity contribution is 0.0705. The van der Waals surface area contributed by atoms with Gasteiger partial charge in [-0.2, -0.15) is 0 Å². The molecule has 138 valence electrons. The third kappa shape index (κ3) is 3.45. The molecule has 0 aromatic carbocycles. The second kappa shape index (κ2) is 7.65. The van der Waals surface area contributed by atoms with E-state index < -0.39 is 0 Å². The number of piperidine rings is 1. The molecular weight excluding hydrogens is 340 g/mol. The number of hydrogen-bond acceptors (Lipinski definition) is 5. The van der Waals surface area contributed by atoms with Crippen molar-refractivity contribution >= 4 is 5.91 Å². The maximum Gasteiger partial charge on any atom is 0.255 e. The molecular formula is C20H22N6O. The molecule has 0 aliphatic carbocycles. The van der Waals surface area contributed by atoms with Gasteiger partial charge in [-0.3, -0.25) is 19.3 Å². The molecule has 3 aromatic rings. The van der Waals surface area contributed by atoms with Crippen molar-refractivity contribution in [1.29, 1.82) is 0 Å². The fraction of sp³-hybridized carbons (Fsp3) is 0.350. The second-order valence-electron chi connectivity index (χ2n) is 6.66. The van der Waals surface area contributed by atoms with Crippen LogP contribution in [0.15, 0.2) is 49.3 Å². The first-order chi connectivity index (χ1) is 13.3. The molecule has 7 heteroatoms. The molecule has 0 spiro atoms. The standard InChI is InChI=1S/C20H22N6O/c1-2-17-22-10-12-26(17)19-18(23-8-9-24-19)16-6-4-11-25(14-16)20(27)15-5-3-7-21-13-15/h3,5,7-10,12-13,16H,2,4,6,11,14H2,1H3/t16-/m0/s1. The molecule has 0 radical (unpaired) electrons. The first kappa shape index (κ1) is 17.3. The summed E-state index contributed by atoms with van der Waals surface area (Å²) in [5.74, 6) is 1.94. The SMILES string of the molecule is CCc1nccn1-c1nccnc1[C@H]1CCCN(C(=O)c2cccnc2)C1. The van der Waals surface area contributed by atoms with Crippen LogP contribution in [0.4, 0.5) is 0 Å². The molecule has 7 nitrogen and oxygen atoms in total. The number of nitrogens with zero attached hydrogens (tertiary/aromatic N) is 6. The van der Waals surface area contributed by atoms with Crippen LogP contribution < -0.4 is 0 Å². The zero-order valence-corrected chi connectivity index (χ0v) is 15.3. The van der Waals surface area contributed by atoms with Gasteiger partial charge in [0.25, 0.3) is 5.91 Å². The number of aryl methyl sites for hydroxylation is 1. The minimum absolute atomic E-state index is 0.0233. The van der Waals surface area contributed by atoms with Gasteiger partial charge in [0.1, 0.15) is 5.82 Å². The van der Waals surface area contributed by atoms with E-state index in [1.165, 1.54) is 0 Å². The fourth-order valence-corrected chi connectivity index (χ4v) is 3.66. The molecule has 27 heavy (non-hydrogen) atoms. The predicted molar refractivity (Wildman–Crippen MR) is 101 cm³/mol. The smallest absolute Gasteiger partial charge is 0.255 e. The van der Waals surface area contributed by atoms with E-state index in [-0.39, 0.29) is 11.8 Å². The van der Waals surface area contributed by atoms with Crippen LogP contribution in [0.5, 0.6) is 0 Å². The Hall–Kier alpha value is -3.09. The van der Waals surface area contributed by atoms with Crippen LogP contribution in [0.1, 0.15) is 47.6 Å². The minimum Gasteiger partial charge on any atom is -0.338 e. The molecule has 3 aromatic heterocycles. The van der Waals surface area contributed by atoms with Crippen molar-refractivity contribution < 1.29 is 4.79 Å². The lowest BCUT2D eigenvalue weighted by Gasteiger charge is -2.33. The minimum atomic E-state index is 0.0233. The number of carbonyl (C=O) groups excluding carboxylic acids is 1. The van der Waals surface area contributed by atoms with E-state index in [4.69, 9.17) is 0 Å². The monoisotopic (exact) mass is 362 g/mol. The Morgan fingerprint density at radius 3 is 2.89 bits per heavy atom. The molecule has 1 aliphatic heterocycles. The third-order valence-corrected chi connectivity index (χ3v) is 4.97. The average molecular weight is 362 g/mol. The number of pyridine rings is 1. The highest BCUT2D eigenvalue weighted by Crippen LogP contribution is 2.29. The summed E-state index contributed by atoms with van der Waals surface area (Å²) in [5, 5.41) is 0. The van der Waals surface area contributed by atoms with Crippen LogP contribution in [-0.2, 0) is 6.42 Å². The van der Waals surface area contributed by atoms with Gasteiger partial charge in [-0.05, 0) is 25.0 Å². The Balaban J connectivity index is 1.62. The summed E-state index contributed by atoms with van der Waals surface area (Å²) in [6, 6.07) is 3.60. The predicted octanol–water partition coefficient (Wildman–Crippen LogP) is 2.64. The molecule has 1 atom stereocenters. The van der Waals surface area contributed by atoms with Crippen molar-refractivity contribution in [3.63, 3.8) is 0 Å². The van der Waals surface area contributed by atoms with Gasteiger partial charge in [-0.15, -0.1) is 0 Å². The van der Waals surface area contributed by atoms with Crippen LogP contribution in [0, 0.1) is 0 Å². The van der Waals surface area contributed by atoms with Gasteiger partial charge < -0.3 is 4.90 Å². The van der Waals surface area contributed by atoms with Gasteiger partial charge in [-0.1, -0.05) is 6.92 Å². The number of hydrogen-bond donors (Lipinski definition) is 0. The zero-order valence-electron chi connectivity index (χ0n) is 15.3. The van der Waals surface area contributed by atoms with E-state index in [1.807, 2.05) is 21.7 Å². The van der Waals surface area contributed by atoms with E-state index in [9.17, 15) is 4.79 Å². The number of rotatable bonds is 4. The second-order valence-corrected chi connectivity index (χ2v) is 6.66. The lowest BCUT2D eigenvalue weighted by atomic mass is 9.93. The molecule has 4 rings (SSSR count). The van der Waals surface area contributed by atoms with Crippen LogP contribution >= 0.6 is 0 Å². The largest absolute Gasteiger partial charge is 0.338 e. The number of aromatic nitrogens is 5.